The van der Waals surface area contributed by atoms with Crippen molar-refractivity contribution in [2.45, 2.75) is 25.9 Å². The third-order valence-corrected chi connectivity index (χ3v) is 4.12. The van der Waals surface area contributed by atoms with Crippen molar-refractivity contribution >= 4 is 5.91 Å². The van der Waals surface area contributed by atoms with Gasteiger partial charge in [0.05, 0.1) is 13.2 Å². The molecule has 0 bridgehead atoms. The number of aromatic nitrogens is 4. The van der Waals surface area contributed by atoms with Crippen LogP contribution in [0.3, 0.4) is 0 Å². The van der Waals surface area contributed by atoms with Crippen LogP contribution in [0.15, 0.2) is 23.3 Å². The standard InChI is InChI=1S/C16H21N5O3/c1-10(2)12-6-11(7-14(22)18-12)16(23)21-4-5-24-13(8-21)15-19-17-9-20(15)3/h6-7,9-10,13H,4-5,8H2,1-3H3,(H,18,22). The average Bonchev–Trinajstić information content (AvgIpc) is 2.99. The Morgan fingerprint density at radius 1 is 1.42 bits per heavy atom. The molecule has 1 atom stereocenters. The first-order chi connectivity index (χ1) is 11.5. The maximum Gasteiger partial charge on any atom is 0.254 e. The fourth-order valence-corrected chi connectivity index (χ4v) is 2.76. The van der Waals surface area contributed by atoms with Gasteiger partial charge in [0.1, 0.15) is 12.4 Å². The Morgan fingerprint density at radius 3 is 2.88 bits per heavy atom. The molecule has 128 valence electrons. The maximum absolute atomic E-state index is 12.8. The summed E-state index contributed by atoms with van der Waals surface area (Å²) in [5, 5.41) is 7.90. The smallest absolute Gasteiger partial charge is 0.254 e. The molecule has 8 heteroatoms. The van der Waals surface area contributed by atoms with Crippen molar-refractivity contribution in [1.29, 1.82) is 0 Å². The zero-order valence-corrected chi connectivity index (χ0v) is 14.0. The molecular weight excluding hydrogens is 310 g/mol. The van der Waals surface area contributed by atoms with Gasteiger partial charge in [-0.15, -0.1) is 10.2 Å². The quantitative estimate of drug-likeness (QED) is 0.899. The van der Waals surface area contributed by atoms with E-state index < -0.39 is 0 Å². The van der Waals surface area contributed by atoms with E-state index in [1.54, 1.807) is 21.9 Å². The number of hydrogen-bond donors (Lipinski definition) is 1. The van der Waals surface area contributed by atoms with Gasteiger partial charge < -0.3 is 19.2 Å². The molecule has 1 amide bonds. The minimum absolute atomic E-state index is 0.140. The lowest BCUT2D eigenvalue weighted by molar-refractivity contribution is -0.0281. The molecular formula is C16H21N5O3. The van der Waals surface area contributed by atoms with E-state index in [2.05, 4.69) is 15.2 Å². The van der Waals surface area contributed by atoms with Gasteiger partial charge in [0, 0.05) is 30.9 Å². The minimum Gasteiger partial charge on any atom is -0.366 e. The molecule has 1 fully saturated rings. The summed E-state index contributed by atoms with van der Waals surface area (Å²) in [6.45, 7) is 5.23. The fraction of sp³-hybridized carbons (Fsp3) is 0.500. The van der Waals surface area contributed by atoms with E-state index in [4.69, 9.17) is 4.74 Å². The summed E-state index contributed by atoms with van der Waals surface area (Å²) in [4.78, 5) is 29.1. The van der Waals surface area contributed by atoms with Gasteiger partial charge >= 0.3 is 0 Å². The van der Waals surface area contributed by atoms with Crippen molar-refractivity contribution in [3.63, 3.8) is 0 Å². The Hall–Kier alpha value is -2.48. The number of hydrogen-bond acceptors (Lipinski definition) is 5. The predicted octanol–water partition coefficient (Wildman–Crippen LogP) is 0.841. The molecule has 2 aromatic heterocycles. The normalized spacial score (nSPS) is 18.2. The van der Waals surface area contributed by atoms with Crippen molar-refractivity contribution in [2.75, 3.05) is 19.7 Å². The van der Waals surface area contributed by atoms with Crippen molar-refractivity contribution < 1.29 is 9.53 Å². The first-order valence-electron chi connectivity index (χ1n) is 7.94. The first-order valence-corrected chi connectivity index (χ1v) is 7.94. The number of rotatable bonds is 3. The topological polar surface area (TPSA) is 93.1 Å². The second-order valence-corrected chi connectivity index (χ2v) is 6.25. The van der Waals surface area contributed by atoms with Gasteiger partial charge in [0.15, 0.2) is 5.82 Å². The number of carbonyl (C=O) groups is 1. The molecule has 1 aliphatic rings. The van der Waals surface area contributed by atoms with E-state index in [1.807, 2.05) is 20.9 Å². The summed E-state index contributed by atoms with van der Waals surface area (Å²) < 4.78 is 7.50. The van der Waals surface area contributed by atoms with Crippen LogP contribution in [0.5, 0.6) is 0 Å². The van der Waals surface area contributed by atoms with Crippen LogP contribution in [0.2, 0.25) is 0 Å². The molecule has 8 nitrogen and oxygen atoms in total. The number of nitrogens with zero attached hydrogens (tertiary/aromatic N) is 4. The molecule has 3 heterocycles. The highest BCUT2D eigenvalue weighted by Crippen LogP contribution is 2.21. The molecule has 0 saturated carbocycles. The van der Waals surface area contributed by atoms with Crippen LogP contribution >= 0.6 is 0 Å². The largest absolute Gasteiger partial charge is 0.366 e. The van der Waals surface area contributed by atoms with Crippen LogP contribution in [-0.4, -0.2) is 50.3 Å². The van der Waals surface area contributed by atoms with Gasteiger partial charge in [0.2, 0.25) is 5.56 Å². The van der Waals surface area contributed by atoms with E-state index in [0.717, 1.165) is 5.69 Å². The lowest BCUT2D eigenvalue weighted by atomic mass is 10.1. The molecule has 0 aromatic carbocycles. The number of aromatic amines is 1. The monoisotopic (exact) mass is 331 g/mol. The zero-order chi connectivity index (χ0) is 17.3. The molecule has 1 aliphatic heterocycles. The third kappa shape index (κ3) is 3.23. The summed E-state index contributed by atoms with van der Waals surface area (Å²) >= 11 is 0. The Kier molecular flexibility index (Phi) is 4.48. The van der Waals surface area contributed by atoms with Crippen molar-refractivity contribution in [3.8, 4) is 0 Å². The fourth-order valence-electron chi connectivity index (χ4n) is 2.76. The van der Waals surface area contributed by atoms with Gasteiger partial charge in [0.25, 0.3) is 5.91 Å². The minimum atomic E-state index is -0.318. The summed E-state index contributed by atoms with van der Waals surface area (Å²) in [7, 11) is 1.84. The van der Waals surface area contributed by atoms with E-state index in [-0.39, 0.29) is 23.5 Å². The molecule has 0 aliphatic carbocycles. The average molecular weight is 331 g/mol. The molecule has 2 aromatic rings. The molecule has 1 N–H and O–H groups in total. The Balaban J connectivity index is 1.82. The van der Waals surface area contributed by atoms with Gasteiger partial charge in [-0.25, -0.2) is 0 Å². The highest BCUT2D eigenvalue weighted by Gasteiger charge is 2.29. The van der Waals surface area contributed by atoms with Gasteiger partial charge in [-0.05, 0) is 12.0 Å². The zero-order valence-electron chi connectivity index (χ0n) is 14.0. The van der Waals surface area contributed by atoms with E-state index in [9.17, 15) is 9.59 Å². The molecule has 1 saturated heterocycles. The lowest BCUT2D eigenvalue weighted by Gasteiger charge is -2.32. The molecule has 0 spiro atoms. The van der Waals surface area contributed by atoms with E-state index in [1.165, 1.54) is 6.07 Å². The van der Waals surface area contributed by atoms with E-state index >= 15 is 0 Å². The van der Waals surface area contributed by atoms with Crippen LogP contribution in [0, 0.1) is 0 Å². The van der Waals surface area contributed by atoms with Crippen LogP contribution in [-0.2, 0) is 11.8 Å². The number of ether oxygens (including phenoxy) is 1. The van der Waals surface area contributed by atoms with Gasteiger partial charge in [-0.1, -0.05) is 13.8 Å². The van der Waals surface area contributed by atoms with Crippen molar-refractivity contribution in [2.24, 2.45) is 7.05 Å². The summed E-state index contributed by atoms with van der Waals surface area (Å²) in [6.07, 6.45) is 1.28. The highest BCUT2D eigenvalue weighted by atomic mass is 16.5. The number of aryl methyl sites for hydroxylation is 1. The Labute approximate surface area is 139 Å². The second kappa shape index (κ2) is 6.56. The van der Waals surface area contributed by atoms with Crippen LogP contribution in [0.4, 0.5) is 0 Å². The number of carbonyl (C=O) groups excluding carboxylic acids is 1. The van der Waals surface area contributed by atoms with Crippen LogP contribution in [0.25, 0.3) is 0 Å². The predicted molar refractivity (Wildman–Crippen MR) is 86.8 cm³/mol. The first kappa shape index (κ1) is 16.4. The third-order valence-electron chi connectivity index (χ3n) is 4.12. The number of amides is 1. The molecule has 24 heavy (non-hydrogen) atoms. The molecule has 0 radical (unpaired) electrons. The lowest BCUT2D eigenvalue weighted by Crippen LogP contribution is -2.43. The van der Waals surface area contributed by atoms with Gasteiger partial charge in [-0.3, -0.25) is 9.59 Å². The SMILES string of the molecule is CC(C)c1cc(C(=O)N2CCOC(c3nncn3C)C2)cc(=O)[nH]1. The second-order valence-electron chi connectivity index (χ2n) is 6.25. The highest BCUT2D eigenvalue weighted by molar-refractivity contribution is 5.94. The number of morpholine rings is 1. The summed E-state index contributed by atoms with van der Waals surface area (Å²) in [5.74, 6) is 0.654. The Morgan fingerprint density at radius 2 is 2.21 bits per heavy atom. The van der Waals surface area contributed by atoms with E-state index in [0.29, 0.717) is 31.1 Å². The number of pyridine rings is 1. The Bertz CT molecular complexity index is 795. The molecule has 3 rings (SSSR count). The molecule has 1 unspecified atom stereocenters. The van der Waals surface area contributed by atoms with Crippen LogP contribution < -0.4 is 5.56 Å². The summed E-state index contributed by atoms with van der Waals surface area (Å²) in [6, 6.07) is 3.10. The number of nitrogens with one attached hydrogen (secondary N) is 1. The van der Waals surface area contributed by atoms with Gasteiger partial charge in [-0.2, -0.15) is 0 Å². The number of H-pyrrole nitrogens is 1. The van der Waals surface area contributed by atoms with Crippen molar-refractivity contribution in [1.82, 2.24) is 24.6 Å². The summed E-state index contributed by atoms with van der Waals surface area (Å²) in [5.41, 5.74) is 0.896. The van der Waals surface area contributed by atoms with Crippen LogP contribution in [0.1, 0.15) is 47.7 Å². The van der Waals surface area contributed by atoms with Crippen molar-refractivity contribution in [3.05, 3.63) is 45.9 Å². The maximum atomic E-state index is 12.8.